The van der Waals surface area contributed by atoms with E-state index in [4.69, 9.17) is 46.4 Å². The van der Waals surface area contributed by atoms with Crippen molar-refractivity contribution in [3.8, 4) is 11.1 Å². The molecular weight excluding hydrogens is 298 g/mol. The number of rotatable bonds is 1. The molecule has 0 spiro atoms. The van der Waals surface area contributed by atoms with Gasteiger partial charge in [-0.3, -0.25) is 0 Å². The highest BCUT2D eigenvalue weighted by atomic mass is 35.5. The molecule has 0 heterocycles. The van der Waals surface area contributed by atoms with E-state index in [1.165, 1.54) is 0 Å². The Labute approximate surface area is 120 Å². The highest BCUT2D eigenvalue weighted by Gasteiger charge is 2.11. The second-order valence-electron chi connectivity index (χ2n) is 3.71. The highest BCUT2D eigenvalue weighted by molar-refractivity contribution is 6.45. The molecule has 0 N–H and O–H groups in total. The summed E-state index contributed by atoms with van der Waals surface area (Å²) in [7, 11) is 0. The summed E-state index contributed by atoms with van der Waals surface area (Å²) >= 11 is 24.2. The standard InChI is InChI=1S/C13H8Cl4/c1-7-2-3-8(14)4-10(7)11-5-9(15)6-12(16)13(11)17/h2-6H,1H3. The summed E-state index contributed by atoms with van der Waals surface area (Å²) in [6, 6.07) is 9.03. The fraction of sp³-hybridized carbons (Fsp3) is 0.0769. The van der Waals surface area contributed by atoms with Crippen LogP contribution in [0.5, 0.6) is 0 Å². The lowest BCUT2D eigenvalue weighted by molar-refractivity contribution is 1.46. The second kappa shape index (κ2) is 5.07. The van der Waals surface area contributed by atoms with E-state index in [0.717, 1.165) is 16.7 Å². The quantitative estimate of drug-likeness (QED) is 0.544. The van der Waals surface area contributed by atoms with E-state index in [2.05, 4.69) is 0 Å². The Kier molecular flexibility index (Phi) is 3.89. The Morgan fingerprint density at radius 1 is 0.765 bits per heavy atom. The van der Waals surface area contributed by atoms with Crippen LogP contribution >= 0.6 is 46.4 Å². The van der Waals surface area contributed by atoms with Crippen LogP contribution in [0.25, 0.3) is 11.1 Å². The minimum absolute atomic E-state index is 0.438. The van der Waals surface area contributed by atoms with Crippen molar-refractivity contribution < 1.29 is 0 Å². The Bertz CT molecular complexity index is 576. The number of halogens is 4. The maximum Gasteiger partial charge on any atom is 0.0671 e. The van der Waals surface area contributed by atoms with E-state index in [1.54, 1.807) is 12.1 Å². The van der Waals surface area contributed by atoms with Crippen molar-refractivity contribution >= 4 is 46.4 Å². The first kappa shape index (κ1) is 13.0. The van der Waals surface area contributed by atoms with Crippen molar-refractivity contribution in [1.82, 2.24) is 0 Å². The number of aryl methyl sites for hydroxylation is 1. The smallest absolute Gasteiger partial charge is 0.0671 e. The van der Waals surface area contributed by atoms with Gasteiger partial charge in [-0.25, -0.2) is 0 Å². The zero-order valence-corrected chi connectivity index (χ0v) is 11.9. The average molecular weight is 306 g/mol. The Hall–Kier alpha value is -0.400. The van der Waals surface area contributed by atoms with Gasteiger partial charge in [-0.05, 0) is 42.3 Å². The summed E-state index contributed by atoms with van der Waals surface area (Å²) in [5.74, 6) is 0. The van der Waals surface area contributed by atoms with Crippen LogP contribution in [0.4, 0.5) is 0 Å². The SMILES string of the molecule is Cc1ccc(Cl)cc1-c1cc(Cl)cc(Cl)c1Cl. The van der Waals surface area contributed by atoms with Gasteiger partial charge in [0.2, 0.25) is 0 Å². The van der Waals surface area contributed by atoms with Crippen LogP contribution < -0.4 is 0 Å². The Morgan fingerprint density at radius 3 is 2.12 bits per heavy atom. The number of hydrogen-bond acceptors (Lipinski definition) is 0. The van der Waals surface area contributed by atoms with Crippen LogP contribution in [-0.2, 0) is 0 Å². The van der Waals surface area contributed by atoms with Crippen LogP contribution in [0.15, 0.2) is 30.3 Å². The monoisotopic (exact) mass is 304 g/mol. The lowest BCUT2D eigenvalue weighted by Gasteiger charge is -2.10. The third-order valence-corrected chi connectivity index (χ3v) is 3.74. The van der Waals surface area contributed by atoms with Gasteiger partial charge in [-0.1, -0.05) is 52.5 Å². The normalized spacial score (nSPS) is 10.6. The summed E-state index contributed by atoms with van der Waals surface area (Å²) in [5, 5.41) is 2.13. The number of hydrogen-bond donors (Lipinski definition) is 0. The van der Waals surface area contributed by atoms with E-state index in [9.17, 15) is 0 Å². The number of benzene rings is 2. The highest BCUT2D eigenvalue weighted by Crippen LogP contribution is 2.38. The Morgan fingerprint density at radius 2 is 1.41 bits per heavy atom. The van der Waals surface area contributed by atoms with E-state index >= 15 is 0 Å². The zero-order valence-electron chi connectivity index (χ0n) is 8.90. The molecule has 0 nitrogen and oxygen atoms in total. The molecule has 4 heteroatoms. The van der Waals surface area contributed by atoms with Gasteiger partial charge in [0, 0.05) is 15.6 Å². The molecule has 17 heavy (non-hydrogen) atoms. The maximum atomic E-state index is 6.19. The average Bonchev–Trinajstić information content (AvgIpc) is 2.27. The summed E-state index contributed by atoms with van der Waals surface area (Å²) in [6.07, 6.45) is 0. The third-order valence-electron chi connectivity index (χ3n) is 2.48. The maximum absolute atomic E-state index is 6.19. The van der Waals surface area contributed by atoms with Crippen molar-refractivity contribution in [1.29, 1.82) is 0 Å². The molecule has 0 aliphatic carbocycles. The molecule has 2 aromatic rings. The molecule has 0 atom stereocenters. The lowest BCUT2D eigenvalue weighted by Crippen LogP contribution is -1.86. The predicted molar refractivity (Wildman–Crippen MR) is 76.7 cm³/mol. The fourth-order valence-corrected chi connectivity index (χ4v) is 2.51. The molecule has 0 amide bonds. The van der Waals surface area contributed by atoms with Crippen LogP contribution in [0.1, 0.15) is 5.56 Å². The van der Waals surface area contributed by atoms with Crippen molar-refractivity contribution in [2.75, 3.05) is 0 Å². The molecule has 0 aliphatic heterocycles. The van der Waals surface area contributed by atoms with Gasteiger partial charge in [-0.2, -0.15) is 0 Å². The van der Waals surface area contributed by atoms with Gasteiger partial charge in [-0.15, -0.1) is 0 Å². The molecule has 0 aliphatic rings. The molecule has 88 valence electrons. The van der Waals surface area contributed by atoms with E-state index in [0.29, 0.717) is 20.1 Å². The van der Waals surface area contributed by atoms with Crippen molar-refractivity contribution in [2.24, 2.45) is 0 Å². The molecular formula is C13H8Cl4. The largest absolute Gasteiger partial charge is 0.0843 e. The Balaban J connectivity index is 2.72. The molecule has 0 fully saturated rings. The van der Waals surface area contributed by atoms with Crippen molar-refractivity contribution in [3.63, 3.8) is 0 Å². The molecule has 0 saturated carbocycles. The van der Waals surface area contributed by atoms with Crippen LogP contribution in [0.2, 0.25) is 20.1 Å². The summed E-state index contributed by atoms with van der Waals surface area (Å²) in [4.78, 5) is 0. The third kappa shape index (κ3) is 2.71. The van der Waals surface area contributed by atoms with Gasteiger partial charge in [0.1, 0.15) is 0 Å². The first-order valence-electron chi connectivity index (χ1n) is 4.90. The molecule has 0 radical (unpaired) electrons. The zero-order chi connectivity index (χ0) is 12.6. The molecule has 0 unspecified atom stereocenters. The molecule has 2 aromatic carbocycles. The minimum Gasteiger partial charge on any atom is -0.0843 e. The fourth-order valence-electron chi connectivity index (χ4n) is 1.64. The van der Waals surface area contributed by atoms with Crippen LogP contribution in [-0.4, -0.2) is 0 Å². The first-order valence-corrected chi connectivity index (χ1v) is 6.41. The van der Waals surface area contributed by atoms with Crippen molar-refractivity contribution in [2.45, 2.75) is 6.92 Å². The second-order valence-corrected chi connectivity index (χ2v) is 5.37. The lowest BCUT2D eigenvalue weighted by atomic mass is 10.0. The van der Waals surface area contributed by atoms with Gasteiger partial charge in [0.15, 0.2) is 0 Å². The summed E-state index contributed by atoms with van der Waals surface area (Å²) in [5.41, 5.74) is 2.80. The van der Waals surface area contributed by atoms with Gasteiger partial charge in [0.05, 0.1) is 10.0 Å². The summed E-state index contributed by atoms with van der Waals surface area (Å²) < 4.78 is 0. The topological polar surface area (TPSA) is 0 Å². The summed E-state index contributed by atoms with van der Waals surface area (Å²) in [6.45, 7) is 1.98. The molecule has 0 aromatic heterocycles. The van der Waals surface area contributed by atoms with Gasteiger partial charge < -0.3 is 0 Å². The van der Waals surface area contributed by atoms with Gasteiger partial charge >= 0.3 is 0 Å². The predicted octanol–water partition coefficient (Wildman–Crippen LogP) is 6.28. The molecule has 2 rings (SSSR count). The van der Waals surface area contributed by atoms with Crippen LogP contribution in [0, 0.1) is 6.92 Å². The van der Waals surface area contributed by atoms with Gasteiger partial charge in [0.25, 0.3) is 0 Å². The van der Waals surface area contributed by atoms with Crippen LogP contribution in [0.3, 0.4) is 0 Å². The molecule has 0 saturated heterocycles. The first-order chi connectivity index (χ1) is 7.99. The van der Waals surface area contributed by atoms with E-state index < -0.39 is 0 Å². The van der Waals surface area contributed by atoms with E-state index in [1.807, 2.05) is 25.1 Å². The minimum atomic E-state index is 0.438. The van der Waals surface area contributed by atoms with Crippen molar-refractivity contribution in [3.05, 3.63) is 56.0 Å². The van der Waals surface area contributed by atoms with E-state index in [-0.39, 0.29) is 0 Å². The molecule has 0 bridgehead atoms.